The van der Waals surface area contributed by atoms with Crippen molar-refractivity contribution < 1.29 is 4.79 Å². The number of ketones is 1. The molecule has 2 rings (SSSR count). The third-order valence-corrected chi connectivity index (χ3v) is 4.16. The van der Waals surface area contributed by atoms with Gasteiger partial charge in [0.15, 0.2) is 5.78 Å². The third-order valence-electron chi connectivity index (χ3n) is 4.16. The Morgan fingerprint density at radius 3 is 2.65 bits per heavy atom. The zero-order valence-corrected chi connectivity index (χ0v) is 11.0. The second-order valence-corrected chi connectivity index (χ2v) is 5.36. The van der Waals surface area contributed by atoms with Crippen LogP contribution in [-0.2, 0) is 0 Å². The summed E-state index contributed by atoms with van der Waals surface area (Å²) >= 11 is 0. The van der Waals surface area contributed by atoms with Gasteiger partial charge in [0.25, 0.3) is 0 Å². The first-order valence-electron chi connectivity index (χ1n) is 6.78. The van der Waals surface area contributed by atoms with Crippen LogP contribution in [0.4, 0.5) is 0 Å². The fraction of sp³-hybridized carbons (Fsp3) is 0.562. The van der Waals surface area contributed by atoms with E-state index in [0.29, 0.717) is 5.78 Å². The van der Waals surface area contributed by atoms with Gasteiger partial charge in [-0.15, -0.1) is 0 Å². The average molecular weight is 230 g/mol. The van der Waals surface area contributed by atoms with Gasteiger partial charge in [-0.3, -0.25) is 4.79 Å². The van der Waals surface area contributed by atoms with Gasteiger partial charge in [-0.1, -0.05) is 43.9 Å². The Kier molecular flexibility index (Phi) is 3.98. The molecule has 1 fully saturated rings. The van der Waals surface area contributed by atoms with Crippen molar-refractivity contribution in [2.75, 3.05) is 0 Å². The predicted molar refractivity (Wildman–Crippen MR) is 71.4 cm³/mol. The van der Waals surface area contributed by atoms with E-state index >= 15 is 0 Å². The first-order valence-corrected chi connectivity index (χ1v) is 6.78. The zero-order chi connectivity index (χ0) is 12.3. The highest BCUT2D eigenvalue weighted by Gasteiger charge is 2.17. The van der Waals surface area contributed by atoms with Crippen molar-refractivity contribution in [1.29, 1.82) is 0 Å². The molecule has 0 aliphatic heterocycles. The van der Waals surface area contributed by atoms with E-state index in [4.69, 9.17) is 0 Å². The summed E-state index contributed by atoms with van der Waals surface area (Å²) in [6, 6.07) is 6.04. The maximum absolute atomic E-state index is 12.2. The standard InChI is InChI=1S/C16H22O/c1-12-6-5-9-15(13(12)2)16(17)11-10-14-7-3-4-8-14/h5-6,9,14H,3-4,7-8,10-11H2,1-2H3. The van der Waals surface area contributed by atoms with Crippen molar-refractivity contribution in [1.82, 2.24) is 0 Å². The van der Waals surface area contributed by atoms with Crippen molar-refractivity contribution in [2.45, 2.75) is 52.4 Å². The molecule has 0 N–H and O–H groups in total. The summed E-state index contributed by atoms with van der Waals surface area (Å²) in [5.74, 6) is 1.14. The summed E-state index contributed by atoms with van der Waals surface area (Å²) in [5, 5.41) is 0. The molecule has 0 aromatic heterocycles. The van der Waals surface area contributed by atoms with E-state index in [-0.39, 0.29) is 0 Å². The molecule has 0 atom stereocenters. The number of rotatable bonds is 4. The van der Waals surface area contributed by atoms with Gasteiger partial charge in [0.05, 0.1) is 0 Å². The van der Waals surface area contributed by atoms with Gasteiger partial charge >= 0.3 is 0 Å². The Labute approximate surface area is 104 Å². The highest BCUT2D eigenvalue weighted by atomic mass is 16.1. The van der Waals surface area contributed by atoms with Gasteiger partial charge in [-0.2, -0.15) is 0 Å². The van der Waals surface area contributed by atoms with Crippen LogP contribution < -0.4 is 0 Å². The Balaban J connectivity index is 1.97. The lowest BCUT2D eigenvalue weighted by atomic mass is 9.94. The zero-order valence-electron chi connectivity index (χ0n) is 11.0. The molecule has 1 saturated carbocycles. The molecule has 1 aliphatic rings. The van der Waals surface area contributed by atoms with E-state index in [1.165, 1.54) is 31.2 Å². The minimum atomic E-state index is 0.332. The molecule has 1 aliphatic carbocycles. The number of benzene rings is 1. The minimum Gasteiger partial charge on any atom is -0.294 e. The summed E-state index contributed by atoms with van der Waals surface area (Å²) in [4.78, 5) is 12.2. The summed E-state index contributed by atoms with van der Waals surface area (Å²) in [6.45, 7) is 4.13. The normalized spacial score (nSPS) is 16.4. The van der Waals surface area contributed by atoms with E-state index in [0.717, 1.165) is 29.9 Å². The number of hydrogen-bond donors (Lipinski definition) is 0. The highest BCUT2D eigenvalue weighted by Crippen LogP contribution is 2.29. The molecule has 0 heterocycles. The molecule has 1 aromatic carbocycles. The Morgan fingerprint density at radius 2 is 1.94 bits per heavy atom. The fourth-order valence-corrected chi connectivity index (χ4v) is 2.82. The lowest BCUT2D eigenvalue weighted by Gasteiger charge is -2.10. The molecule has 1 heteroatoms. The van der Waals surface area contributed by atoms with Gasteiger partial charge < -0.3 is 0 Å². The van der Waals surface area contributed by atoms with E-state index in [1.54, 1.807) is 0 Å². The molecule has 0 radical (unpaired) electrons. The van der Waals surface area contributed by atoms with Crippen LogP contribution in [0.25, 0.3) is 0 Å². The maximum atomic E-state index is 12.2. The topological polar surface area (TPSA) is 17.1 Å². The molecule has 0 bridgehead atoms. The Hall–Kier alpha value is -1.11. The molecule has 1 nitrogen and oxygen atoms in total. The van der Waals surface area contributed by atoms with Gasteiger partial charge in [0, 0.05) is 12.0 Å². The summed E-state index contributed by atoms with van der Waals surface area (Å²) < 4.78 is 0. The van der Waals surface area contributed by atoms with Crippen molar-refractivity contribution >= 4 is 5.78 Å². The van der Waals surface area contributed by atoms with Gasteiger partial charge in [-0.05, 0) is 37.3 Å². The van der Waals surface area contributed by atoms with Crippen molar-refractivity contribution in [2.24, 2.45) is 5.92 Å². The minimum absolute atomic E-state index is 0.332. The van der Waals surface area contributed by atoms with Crippen LogP contribution in [0, 0.1) is 19.8 Å². The van der Waals surface area contributed by atoms with E-state index in [2.05, 4.69) is 19.9 Å². The number of aryl methyl sites for hydroxylation is 1. The second-order valence-electron chi connectivity index (χ2n) is 5.36. The average Bonchev–Trinajstić information content (AvgIpc) is 2.82. The van der Waals surface area contributed by atoms with Crippen molar-refractivity contribution in [3.8, 4) is 0 Å². The monoisotopic (exact) mass is 230 g/mol. The van der Waals surface area contributed by atoms with Crippen LogP contribution in [0.5, 0.6) is 0 Å². The SMILES string of the molecule is Cc1cccc(C(=O)CCC2CCCC2)c1C. The van der Waals surface area contributed by atoms with Crippen LogP contribution in [0.1, 0.15) is 60.0 Å². The van der Waals surface area contributed by atoms with E-state index in [9.17, 15) is 4.79 Å². The summed E-state index contributed by atoms with van der Waals surface area (Å²) in [6.07, 6.45) is 7.21. The Morgan fingerprint density at radius 1 is 1.24 bits per heavy atom. The van der Waals surface area contributed by atoms with Gasteiger partial charge in [-0.25, -0.2) is 0 Å². The molecule has 92 valence electrons. The molecule has 0 amide bonds. The van der Waals surface area contributed by atoms with E-state index in [1.807, 2.05) is 12.1 Å². The van der Waals surface area contributed by atoms with Crippen LogP contribution >= 0.6 is 0 Å². The molecule has 0 spiro atoms. The predicted octanol–water partition coefficient (Wildman–Crippen LogP) is 4.46. The molecule has 17 heavy (non-hydrogen) atoms. The largest absolute Gasteiger partial charge is 0.294 e. The van der Waals surface area contributed by atoms with Crippen molar-refractivity contribution in [3.05, 3.63) is 34.9 Å². The molecular formula is C16H22O. The lowest BCUT2D eigenvalue weighted by Crippen LogP contribution is -2.05. The Bertz CT molecular complexity index is 400. The summed E-state index contributed by atoms with van der Waals surface area (Å²) in [5.41, 5.74) is 3.31. The van der Waals surface area contributed by atoms with E-state index < -0.39 is 0 Å². The number of carbonyl (C=O) groups excluding carboxylic acids is 1. The maximum Gasteiger partial charge on any atom is 0.163 e. The third kappa shape index (κ3) is 2.96. The first-order chi connectivity index (χ1) is 8.18. The van der Waals surface area contributed by atoms with Crippen LogP contribution in [0.3, 0.4) is 0 Å². The smallest absolute Gasteiger partial charge is 0.163 e. The quantitative estimate of drug-likeness (QED) is 0.698. The number of Topliss-reactive ketones (excluding diaryl/α,β-unsaturated/α-hetero) is 1. The second kappa shape index (κ2) is 5.48. The van der Waals surface area contributed by atoms with Crippen LogP contribution in [-0.4, -0.2) is 5.78 Å². The first kappa shape index (κ1) is 12.3. The molecule has 1 aromatic rings. The van der Waals surface area contributed by atoms with Crippen LogP contribution in [0.2, 0.25) is 0 Å². The summed E-state index contributed by atoms with van der Waals surface area (Å²) in [7, 11) is 0. The highest BCUT2D eigenvalue weighted by molar-refractivity contribution is 5.97. The lowest BCUT2D eigenvalue weighted by molar-refractivity contribution is 0.0973. The number of hydrogen-bond acceptors (Lipinski definition) is 1. The fourth-order valence-electron chi connectivity index (χ4n) is 2.82. The number of carbonyl (C=O) groups is 1. The van der Waals surface area contributed by atoms with Crippen LogP contribution in [0.15, 0.2) is 18.2 Å². The van der Waals surface area contributed by atoms with Crippen molar-refractivity contribution in [3.63, 3.8) is 0 Å². The molecule has 0 unspecified atom stereocenters. The molecule has 0 saturated heterocycles. The molecular weight excluding hydrogens is 208 g/mol. The van der Waals surface area contributed by atoms with Gasteiger partial charge in [0.1, 0.15) is 0 Å². The van der Waals surface area contributed by atoms with Gasteiger partial charge in [0.2, 0.25) is 0 Å².